The molecule has 2 heterocycles. The van der Waals surface area contributed by atoms with E-state index in [4.69, 9.17) is 10.5 Å². The van der Waals surface area contributed by atoms with Gasteiger partial charge >= 0.3 is 0 Å². The molecule has 5 nitrogen and oxygen atoms in total. The molecule has 1 saturated heterocycles. The molecule has 0 spiro atoms. The molecule has 1 aliphatic heterocycles. The van der Waals surface area contributed by atoms with Crippen LogP contribution in [0.4, 0.5) is 0 Å². The number of para-hydroxylation sites is 1. The molecule has 0 bridgehead atoms. The number of aromatic nitrogens is 3. The maximum Gasteiger partial charge on any atom is 0.0998 e. The van der Waals surface area contributed by atoms with E-state index in [1.807, 2.05) is 30.3 Å². The standard InChI is InChI=1S/C15H20N4O/c16-14(9-8-13-7-4-10-20-13)15-11-17-19(18-15)12-5-2-1-3-6-12/h1-3,5-6,11,13-14H,4,7-10,16H2. The molecule has 106 valence electrons. The average molecular weight is 272 g/mol. The summed E-state index contributed by atoms with van der Waals surface area (Å²) in [5.41, 5.74) is 7.98. The maximum atomic E-state index is 6.19. The van der Waals surface area contributed by atoms with E-state index in [1.165, 1.54) is 6.42 Å². The van der Waals surface area contributed by atoms with Crippen molar-refractivity contribution in [1.82, 2.24) is 15.0 Å². The number of ether oxygens (including phenoxy) is 1. The van der Waals surface area contributed by atoms with Crippen LogP contribution in [-0.4, -0.2) is 27.7 Å². The molecule has 2 atom stereocenters. The largest absolute Gasteiger partial charge is 0.378 e. The Morgan fingerprint density at radius 3 is 2.95 bits per heavy atom. The van der Waals surface area contributed by atoms with Gasteiger partial charge in [0.15, 0.2) is 0 Å². The summed E-state index contributed by atoms with van der Waals surface area (Å²) >= 11 is 0. The summed E-state index contributed by atoms with van der Waals surface area (Å²) in [6.07, 6.45) is 6.35. The lowest BCUT2D eigenvalue weighted by atomic mass is 10.0. The fraction of sp³-hybridized carbons (Fsp3) is 0.467. The van der Waals surface area contributed by atoms with E-state index in [2.05, 4.69) is 10.2 Å². The van der Waals surface area contributed by atoms with E-state index in [1.54, 1.807) is 11.0 Å². The number of hydrogen-bond acceptors (Lipinski definition) is 4. The van der Waals surface area contributed by atoms with E-state index in [0.717, 1.165) is 37.3 Å². The van der Waals surface area contributed by atoms with Gasteiger partial charge in [-0.25, -0.2) is 0 Å². The SMILES string of the molecule is NC(CCC1CCCO1)c1cnn(-c2ccccc2)n1. The van der Waals surface area contributed by atoms with Gasteiger partial charge in [-0.1, -0.05) is 18.2 Å². The average Bonchev–Trinajstić information content (AvgIpc) is 3.17. The normalized spacial score (nSPS) is 20.1. The first kappa shape index (κ1) is 13.3. The van der Waals surface area contributed by atoms with Crippen molar-refractivity contribution < 1.29 is 4.74 Å². The lowest BCUT2D eigenvalue weighted by molar-refractivity contribution is 0.101. The van der Waals surface area contributed by atoms with Crippen LogP contribution in [0.25, 0.3) is 5.69 Å². The van der Waals surface area contributed by atoms with Crippen molar-refractivity contribution in [2.75, 3.05) is 6.61 Å². The van der Waals surface area contributed by atoms with E-state index >= 15 is 0 Å². The Kier molecular flexibility index (Phi) is 4.08. The van der Waals surface area contributed by atoms with Gasteiger partial charge in [0.05, 0.1) is 29.7 Å². The van der Waals surface area contributed by atoms with E-state index in [9.17, 15) is 0 Å². The lowest BCUT2D eigenvalue weighted by Gasteiger charge is -2.12. The van der Waals surface area contributed by atoms with Crippen molar-refractivity contribution in [1.29, 1.82) is 0 Å². The minimum absolute atomic E-state index is 0.0725. The molecule has 1 aromatic heterocycles. The maximum absolute atomic E-state index is 6.19. The summed E-state index contributed by atoms with van der Waals surface area (Å²) in [5.74, 6) is 0. The first-order valence-electron chi connectivity index (χ1n) is 7.18. The van der Waals surface area contributed by atoms with Gasteiger partial charge in [-0.3, -0.25) is 0 Å². The van der Waals surface area contributed by atoms with Gasteiger partial charge in [-0.15, -0.1) is 0 Å². The summed E-state index contributed by atoms with van der Waals surface area (Å²) < 4.78 is 5.62. The Morgan fingerprint density at radius 1 is 1.35 bits per heavy atom. The molecule has 1 aromatic carbocycles. The highest BCUT2D eigenvalue weighted by molar-refractivity contribution is 5.28. The monoisotopic (exact) mass is 272 g/mol. The Labute approximate surface area is 118 Å². The van der Waals surface area contributed by atoms with Crippen LogP contribution >= 0.6 is 0 Å². The lowest BCUT2D eigenvalue weighted by Crippen LogP contribution is -2.15. The smallest absolute Gasteiger partial charge is 0.0998 e. The van der Waals surface area contributed by atoms with E-state index < -0.39 is 0 Å². The van der Waals surface area contributed by atoms with Gasteiger partial charge in [0.2, 0.25) is 0 Å². The summed E-state index contributed by atoms with van der Waals surface area (Å²) in [7, 11) is 0. The Morgan fingerprint density at radius 2 is 2.20 bits per heavy atom. The van der Waals surface area contributed by atoms with Crippen LogP contribution in [0.5, 0.6) is 0 Å². The molecular formula is C15H20N4O. The molecule has 2 unspecified atom stereocenters. The van der Waals surface area contributed by atoms with Crippen LogP contribution < -0.4 is 5.73 Å². The molecular weight excluding hydrogens is 252 g/mol. The number of nitrogens with zero attached hydrogens (tertiary/aromatic N) is 3. The summed E-state index contributed by atoms with van der Waals surface area (Å²) in [6, 6.07) is 9.78. The summed E-state index contributed by atoms with van der Waals surface area (Å²) in [4.78, 5) is 1.63. The molecule has 3 rings (SSSR count). The van der Waals surface area contributed by atoms with Crippen molar-refractivity contribution in [2.24, 2.45) is 5.73 Å². The molecule has 5 heteroatoms. The Bertz CT molecular complexity index is 534. The van der Waals surface area contributed by atoms with Crippen molar-refractivity contribution in [3.63, 3.8) is 0 Å². The summed E-state index contributed by atoms with van der Waals surface area (Å²) in [5, 5.41) is 8.75. The predicted molar refractivity (Wildman–Crippen MR) is 76.5 cm³/mol. The van der Waals surface area contributed by atoms with E-state index in [0.29, 0.717) is 6.10 Å². The molecule has 0 aliphatic carbocycles. The van der Waals surface area contributed by atoms with Crippen LogP contribution in [0, 0.1) is 0 Å². The highest BCUT2D eigenvalue weighted by Gasteiger charge is 2.18. The summed E-state index contributed by atoms with van der Waals surface area (Å²) in [6.45, 7) is 0.893. The van der Waals surface area contributed by atoms with Crippen LogP contribution in [0.3, 0.4) is 0 Å². The molecule has 0 radical (unpaired) electrons. The van der Waals surface area contributed by atoms with Gasteiger partial charge in [0.25, 0.3) is 0 Å². The molecule has 1 aliphatic rings. The zero-order valence-corrected chi connectivity index (χ0v) is 11.5. The van der Waals surface area contributed by atoms with Crippen molar-refractivity contribution in [3.8, 4) is 5.69 Å². The minimum atomic E-state index is -0.0725. The first-order valence-corrected chi connectivity index (χ1v) is 7.18. The minimum Gasteiger partial charge on any atom is -0.378 e. The fourth-order valence-corrected chi connectivity index (χ4v) is 2.52. The van der Waals surface area contributed by atoms with Gasteiger partial charge in [0, 0.05) is 6.61 Å². The van der Waals surface area contributed by atoms with Crippen molar-refractivity contribution in [2.45, 2.75) is 37.8 Å². The van der Waals surface area contributed by atoms with Crippen molar-refractivity contribution >= 4 is 0 Å². The number of rotatable bonds is 5. The zero-order valence-electron chi connectivity index (χ0n) is 11.5. The van der Waals surface area contributed by atoms with Crippen LogP contribution in [0.15, 0.2) is 36.5 Å². The number of benzene rings is 1. The van der Waals surface area contributed by atoms with Gasteiger partial charge in [0.1, 0.15) is 0 Å². The highest BCUT2D eigenvalue weighted by Crippen LogP contribution is 2.21. The molecule has 2 aromatic rings. The molecule has 1 fully saturated rings. The first-order chi connectivity index (χ1) is 9.83. The second-order valence-electron chi connectivity index (χ2n) is 5.21. The van der Waals surface area contributed by atoms with Crippen molar-refractivity contribution in [3.05, 3.63) is 42.2 Å². The second-order valence-corrected chi connectivity index (χ2v) is 5.21. The van der Waals surface area contributed by atoms with Crippen LogP contribution in [-0.2, 0) is 4.74 Å². The highest BCUT2D eigenvalue weighted by atomic mass is 16.5. The number of hydrogen-bond donors (Lipinski definition) is 1. The topological polar surface area (TPSA) is 66.0 Å². The van der Waals surface area contributed by atoms with Gasteiger partial charge in [-0.2, -0.15) is 15.0 Å². The molecule has 0 saturated carbocycles. The third-order valence-corrected chi connectivity index (χ3v) is 3.70. The second kappa shape index (κ2) is 6.15. The van der Waals surface area contributed by atoms with Gasteiger partial charge < -0.3 is 10.5 Å². The molecule has 20 heavy (non-hydrogen) atoms. The third-order valence-electron chi connectivity index (χ3n) is 3.70. The Hall–Kier alpha value is -1.72. The fourth-order valence-electron chi connectivity index (χ4n) is 2.52. The third kappa shape index (κ3) is 3.05. The Balaban J connectivity index is 1.61. The zero-order chi connectivity index (χ0) is 13.8. The van der Waals surface area contributed by atoms with Crippen LogP contribution in [0.2, 0.25) is 0 Å². The van der Waals surface area contributed by atoms with E-state index in [-0.39, 0.29) is 6.04 Å². The molecule has 2 N–H and O–H groups in total. The number of nitrogens with two attached hydrogens (primary N) is 1. The predicted octanol–water partition coefficient (Wildman–Crippen LogP) is 2.23. The van der Waals surface area contributed by atoms with Gasteiger partial charge in [-0.05, 0) is 37.8 Å². The molecule has 0 amide bonds. The quantitative estimate of drug-likeness (QED) is 0.906. The van der Waals surface area contributed by atoms with Crippen LogP contribution in [0.1, 0.15) is 37.4 Å².